The van der Waals surface area contributed by atoms with E-state index in [1.54, 1.807) is 4.90 Å². The molecule has 5 rings (SSSR count). The maximum absolute atomic E-state index is 13.1. The van der Waals surface area contributed by atoms with Gasteiger partial charge in [0, 0.05) is 25.4 Å². The molecule has 1 amide bonds. The molecule has 4 saturated carbocycles. The molecule has 4 heteroatoms. The number of piperidine rings is 1. The summed E-state index contributed by atoms with van der Waals surface area (Å²) in [6.07, 6.45) is 10.4. The smallest absolute Gasteiger partial charge is 0.410 e. The van der Waals surface area contributed by atoms with Crippen LogP contribution in [-0.2, 0) is 9.53 Å². The van der Waals surface area contributed by atoms with Gasteiger partial charge in [0.25, 0.3) is 0 Å². The van der Waals surface area contributed by atoms with Gasteiger partial charge in [-0.1, -0.05) is 0 Å². The van der Waals surface area contributed by atoms with E-state index in [1.165, 1.54) is 38.5 Å². The SMILES string of the molecule is CC(C)(C)OC(=O)N1CCC(C(=O)CC23CC4CC(CC(C4)C2)C3)CC1. The van der Waals surface area contributed by atoms with Gasteiger partial charge in [0.1, 0.15) is 11.4 Å². The third-order valence-corrected chi connectivity index (χ3v) is 7.32. The molecule has 4 bridgehead atoms. The molecule has 5 aliphatic rings. The number of ether oxygens (including phenoxy) is 1. The van der Waals surface area contributed by atoms with E-state index in [0.717, 1.165) is 37.0 Å². The second-order valence-electron chi connectivity index (χ2n) is 10.8. The molecule has 0 spiro atoms. The molecule has 146 valence electrons. The fourth-order valence-corrected chi connectivity index (χ4v) is 6.73. The lowest BCUT2D eigenvalue weighted by atomic mass is 9.48. The van der Waals surface area contributed by atoms with E-state index in [2.05, 4.69) is 0 Å². The average Bonchev–Trinajstić information content (AvgIpc) is 2.51. The standard InChI is InChI=1S/C22H35NO3/c1-21(2,3)26-20(25)23-6-4-18(5-7-23)19(24)14-22-11-15-8-16(12-22)10-17(9-15)13-22/h15-18H,4-14H2,1-3H3. The van der Waals surface area contributed by atoms with E-state index >= 15 is 0 Å². The predicted molar refractivity (Wildman–Crippen MR) is 101 cm³/mol. The maximum atomic E-state index is 13.1. The van der Waals surface area contributed by atoms with Crippen molar-refractivity contribution < 1.29 is 14.3 Å². The molecule has 5 fully saturated rings. The van der Waals surface area contributed by atoms with Crippen LogP contribution in [0.25, 0.3) is 0 Å². The second kappa shape index (κ2) is 6.53. The Bertz CT molecular complexity index is 533. The lowest BCUT2D eigenvalue weighted by molar-refractivity contribution is -0.132. The second-order valence-corrected chi connectivity index (χ2v) is 10.8. The summed E-state index contributed by atoms with van der Waals surface area (Å²) in [6, 6.07) is 0. The highest BCUT2D eigenvalue weighted by Gasteiger charge is 2.51. The Kier molecular flexibility index (Phi) is 4.60. The number of likely N-dealkylation sites (tertiary alicyclic amines) is 1. The van der Waals surface area contributed by atoms with Crippen LogP contribution >= 0.6 is 0 Å². The molecule has 1 saturated heterocycles. The Morgan fingerprint density at radius 1 is 0.962 bits per heavy atom. The van der Waals surface area contributed by atoms with Crippen molar-refractivity contribution in [1.29, 1.82) is 0 Å². The third-order valence-electron chi connectivity index (χ3n) is 7.32. The molecule has 26 heavy (non-hydrogen) atoms. The predicted octanol–water partition coefficient (Wildman–Crippen LogP) is 4.81. The number of rotatable bonds is 3. The van der Waals surface area contributed by atoms with E-state index in [0.29, 0.717) is 24.3 Å². The fourth-order valence-electron chi connectivity index (χ4n) is 6.73. The number of carbonyl (C=O) groups is 2. The van der Waals surface area contributed by atoms with Crippen LogP contribution in [0, 0.1) is 29.1 Å². The minimum atomic E-state index is -0.456. The highest BCUT2D eigenvalue weighted by molar-refractivity contribution is 5.82. The summed E-state index contributed by atoms with van der Waals surface area (Å²) < 4.78 is 5.47. The van der Waals surface area contributed by atoms with Gasteiger partial charge in [-0.05, 0) is 95.3 Å². The molecule has 1 aliphatic heterocycles. The molecule has 0 N–H and O–H groups in total. The largest absolute Gasteiger partial charge is 0.444 e. The summed E-state index contributed by atoms with van der Waals surface area (Å²) >= 11 is 0. The lowest BCUT2D eigenvalue weighted by Crippen LogP contribution is -2.48. The molecule has 0 radical (unpaired) electrons. The van der Waals surface area contributed by atoms with E-state index in [9.17, 15) is 9.59 Å². The van der Waals surface area contributed by atoms with Crippen molar-refractivity contribution in [3.05, 3.63) is 0 Å². The van der Waals surface area contributed by atoms with Gasteiger partial charge in [0.15, 0.2) is 0 Å². The van der Waals surface area contributed by atoms with Gasteiger partial charge < -0.3 is 9.64 Å². The number of nitrogens with zero attached hydrogens (tertiary/aromatic N) is 1. The van der Waals surface area contributed by atoms with Crippen LogP contribution in [0.5, 0.6) is 0 Å². The number of hydrogen-bond donors (Lipinski definition) is 0. The minimum Gasteiger partial charge on any atom is -0.444 e. The molecule has 1 heterocycles. The molecule has 0 atom stereocenters. The summed E-state index contributed by atoms with van der Waals surface area (Å²) in [5.41, 5.74) is -0.115. The number of Topliss-reactive ketones (excluding diaryl/α,β-unsaturated/α-hetero) is 1. The topological polar surface area (TPSA) is 46.6 Å². The Labute approximate surface area is 158 Å². The zero-order valence-corrected chi connectivity index (χ0v) is 16.8. The zero-order valence-electron chi connectivity index (χ0n) is 16.8. The Morgan fingerprint density at radius 2 is 1.46 bits per heavy atom. The number of hydrogen-bond acceptors (Lipinski definition) is 3. The van der Waals surface area contributed by atoms with Crippen LogP contribution in [0.1, 0.15) is 78.6 Å². The van der Waals surface area contributed by atoms with Crippen molar-refractivity contribution >= 4 is 11.9 Å². The zero-order chi connectivity index (χ0) is 18.5. The van der Waals surface area contributed by atoms with Gasteiger partial charge in [-0.2, -0.15) is 0 Å². The molecular weight excluding hydrogens is 326 g/mol. The molecular formula is C22H35NO3. The van der Waals surface area contributed by atoms with Crippen molar-refractivity contribution in [2.45, 2.75) is 84.2 Å². The van der Waals surface area contributed by atoms with E-state index in [-0.39, 0.29) is 12.0 Å². The molecule has 0 unspecified atom stereocenters. The molecule has 0 aromatic heterocycles. The lowest BCUT2D eigenvalue weighted by Gasteiger charge is -2.57. The van der Waals surface area contributed by atoms with E-state index in [4.69, 9.17) is 4.74 Å². The average molecular weight is 362 g/mol. The fraction of sp³-hybridized carbons (Fsp3) is 0.909. The van der Waals surface area contributed by atoms with Gasteiger partial charge in [-0.3, -0.25) is 4.79 Å². The molecule has 0 aromatic rings. The Morgan fingerprint density at radius 3 is 1.92 bits per heavy atom. The summed E-state index contributed by atoms with van der Waals surface area (Å²) in [5.74, 6) is 3.35. The molecule has 0 aromatic carbocycles. The highest BCUT2D eigenvalue weighted by atomic mass is 16.6. The van der Waals surface area contributed by atoms with E-state index < -0.39 is 5.60 Å². The van der Waals surface area contributed by atoms with Gasteiger partial charge >= 0.3 is 6.09 Å². The Hall–Kier alpha value is -1.06. The first kappa shape index (κ1) is 18.3. The van der Waals surface area contributed by atoms with Crippen LogP contribution < -0.4 is 0 Å². The third kappa shape index (κ3) is 3.80. The summed E-state index contributed by atoms with van der Waals surface area (Å²) in [5, 5.41) is 0. The minimum absolute atomic E-state index is 0.154. The van der Waals surface area contributed by atoms with Crippen molar-refractivity contribution in [1.82, 2.24) is 4.90 Å². The number of carbonyl (C=O) groups excluding carboxylic acids is 2. The van der Waals surface area contributed by atoms with Crippen LogP contribution in [0.15, 0.2) is 0 Å². The van der Waals surface area contributed by atoms with Crippen LogP contribution in [0.3, 0.4) is 0 Å². The number of amides is 1. The van der Waals surface area contributed by atoms with E-state index in [1.807, 2.05) is 20.8 Å². The highest BCUT2D eigenvalue weighted by Crippen LogP contribution is 2.61. The quantitative estimate of drug-likeness (QED) is 0.725. The summed E-state index contributed by atoms with van der Waals surface area (Å²) in [7, 11) is 0. The number of ketones is 1. The van der Waals surface area contributed by atoms with Gasteiger partial charge in [-0.15, -0.1) is 0 Å². The van der Waals surface area contributed by atoms with Crippen LogP contribution in [0.2, 0.25) is 0 Å². The van der Waals surface area contributed by atoms with Crippen LogP contribution in [0.4, 0.5) is 4.79 Å². The normalized spacial score (nSPS) is 37.0. The van der Waals surface area contributed by atoms with Crippen molar-refractivity contribution in [3.8, 4) is 0 Å². The monoisotopic (exact) mass is 361 g/mol. The Balaban J connectivity index is 1.30. The van der Waals surface area contributed by atoms with Crippen LogP contribution in [-0.4, -0.2) is 35.5 Å². The summed E-state index contributed by atoms with van der Waals surface area (Å²) in [4.78, 5) is 27.0. The first-order valence-electron chi connectivity index (χ1n) is 10.7. The molecule has 4 nitrogen and oxygen atoms in total. The first-order chi connectivity index (χ1) is 12.2. The van der Waals surface area contributed by atoms with Gasteiger partial charge in [-0.25, -0.2) is 4.79 Å². The van der Waals surface area contributed by atoms with Crippen molar-refractivity contribution in [2.75, 3.05) is 13.1 Å². The van der Waals surface area contributed by atoms with Gasteiger partial charge in [0.2, 0.25) is 0 Å². The molecule has 4 aliphatic carbocycles. The van der Waals surface area contributed by atoms with Gasteiger partial charge in [0.05, 0.1) is 0 Å². The van der Waals surface area contributed by atoms with Crippen molar-refractivity contribution in [2.24, 2.45) is 29.1 Å². The van der Waals surface area contributed by atoms with Crippen molar-refractivity contribution in [3.63, 3.8) is 0 Å². The first-order valence-corrected chi connectivity index (χ1v) is 10.7. The maximum Gasteiger partial charge on any atom is 0.410 e. The summed E-state index contributed by atoms with van der Waals surface area (Å²) in [6.45, 7) is 7.00.